The van der Waals surface area contributed by atoms with E-state index in [2.05, 4.69) is 42.6 Å². The molecule has 1 aromatic rings. The Morgan fingerprint density at radius 2 is 1.86 bits per heavy atom. The zero-order valence-electron chi connectivity index (χ0n) is 17.4. The Balaban J connectivity index is 1.53. The van der Waals surface area contributed by atoms with E-state index >= 15 is 0 Å². The van der Waals surface area contributed by atoms with Crippen LogP contribution >= 0.6 is 0 Å². The SMILES string of the molecule is CCOC(=O)CCC1C=C(c2ccc(OC3CCC(CC)CC3)cc2)CCN1. The molecule has 1 aromatic carbocycles. The predicted octanol–water partition coefficient (Wildman–Crippen LogP) is 5.12. The van der Waals surface area contributed by atoms with Gasteiger partial charge in [-0.05, 0) is 81.2 Å². The zero-order chi connectivity index (χ0) is 19.8. The number of benzene rings is 1. The molecule has 2 aliphatic rings. The molecule has 1 fully saturated rings. The summed E-state index contributed by atoms with van der Waals surface area (Å²) in [7, 11) is 0. The van der Waals surface area contributed by atoms with Gasteiger partial charge in [-0.25, -0.2) is 0 Å². The lowest BCUT2D eigenvalue weighted by atomic mass is 9.86. The highest BCUT2D eigenvalue weighted by molar-refractivity contribution is 5.70. The number of carbonyl (C=O) groups is 1. The van der Waals surface area contributed by atoms with Crippen molar-refractivity contribution in [3.63, 3.8) is 0 Å². The lowest BCUT2D eigenvalue weighted by Gasteiger charge is -2.28. The molecular formula is C24H35NO3. The van der Waals surface area contributed by atoms with Crippen LogP contribution in [0.1, 0.15) is 70.8 Å². The Morgan fingerprint density at radius 3 is 2.54 bits per heavy atom. The molecule has 1 atom stereocenters. The van der Waals surface area contributed by atoms with Gasteiger partial charge in [-0.1, -0.05) is 31.6 Å². The monoisotopic (exact) mass is 385 g/mol. The highest BCUT2D eigenvalue weighted by atomic mass is 16.5. The average molecular weight is 386 g/mol. The van der Waals surface area contributed by atoms with E-state index in [1.165, 1.54) is 43.2 Å². The Labute approximate surface area is 169 Å². The molecule has 154 valence electrons. The quantitative estimate of drug-likeness (QED) is 0.631. The largest absolute Gasteiger partial charge is 0.490 e. The van der Waals surface area contributed by atoms with E-state index in [9.17, 15) is 4.79 Å². The zero-order valence-corrected chi connectivity index (χ0v) is 17.4. The van der Waals surface area contributed by atoms with E-state index in [0.29, 0.717) is 19.1 Å². The van der Waals surface area contributed by atoms with Gasteiger partial charge in [0.2, 0.25) is 0 Å². The first kappa shape index (κ1) is 20.9. The maximum atomic E-state index is 11.6. The van der Waals surface area contributed by atoms with Crippen LogP contribution in [0.25, 0.3) is 5.57 Å². The van der Waals surface area contributed by atoms with E-state index in [-0.39, 0.29) is 12.0 Å². The smallest absolute Gasteiger partial charge is 0.305 e. The van der Waals surface area contributed by atoms with E-state index in [1.807, 2.05) is 6.92 Å². The summed E-state index contributed by atoms with van der Waals surface area (Å²) in [6, 6.07) is 8.80. The lowest BCUT2D eigenvalue weighted by molar-refractivity contribution is -0.143. The van der Waals surface area contributed by atoms with Gasteiger partial charge in [0.15, 0.2) is 0 Å². The predicted molar refractivity (Wildman–Crippen MR) is 113 cm³/mol. The van der Waals surface area contributed by atoms with Crippen molar-refractivity contribution in [1.82, 2.24) is 5.32 Å². The number of hydrogen-bond acceptors (Lipinski definition) is 4. The van der Waals surface area contributed by atoms with Crippen molar-refractivity contribution in [3.05, 3.63) is 35.9 Å². The summed E-state index contributed by atoms with van der Waals surface area (Å²) >= 11 is 0. The van der Waals surface area contributed by atoms with Gasteiger partial charge in [-0.15, -0.1) is 0 Å². The van der Waals surface area contributed by atoms with E-state index in [0.717, 1.165) is 31.1 Å². The molecule has 0 spiro atoms. The third-order valence-electron chi connectivity index (χ3n) is 6.07. The second kappa shape index (κ2) is 10.7. The highest BCUT2D eigenvalue weighted by Crippen LogP contribution is 2.30. The molecule has 1 unspecified atom stereocenters. The van der Waals surface area contributed by atoms with Gasteiger partial charge >= 0.3 is 5.97 Å². The summed E-state index contributed by atoms with van der Waals surface area (Å²) in [5, 5.41) is 3.48. The second-order valence-electron chi connectivity index (χ2n) is 8.04. The summed E-state index contributed by atoms with van der Waals surface area (Å²) in [4.78, 5) is 11.6. The average Bonchev–Trinajstić information content (AvgIpc) is 2.74. The molecule has 1 aliphatic heterocycles. The van der Waals surface area contributed by atoms with E-state index in [4.69, 9.17) is 9.47 Å². The first-order valence-corrected chi connectivity index (χ1v) is 11.0. The molecular weight excluding hydrogens is 350 g/mol. The molecule has 1 N–H and O–H groups in total. The maximum Gasteiger partial charge on any atom is 0.305 e. The topological polar surface area (TPSA) is 47.6 Å². The minimum Gasteiger partial charge on any atom is -0.490 e. The van der Waals surface area contributed by atoms with Crippen LogP contribution in [0.3, 0.4) is 0 Å². The fourth-order valence-electron chi connectivity index (χ4n) is 4.31. The molecule has 1 aliphatic carbocycles. The van der Waals surface area contributed by atoms with Gasteiger partial charge in [0, 0.05) is 12.5 Å². The van der Waals surface area contributed by atoms with E-state index < -0.39 is 0 Å². The molecule has 0 bridgehead atoms. The van der Waals surface area contributed by atoms with Crippen LogP contribution in [0, 0.1) is 5.92 Å². The third-order valence-corrected chi connectivity index (χ3v) is 6.07. The Hall–Kier alpha value is -1.81. The molecule has 28 heavy (non-hydrogen) atoms. The number of esters is 1. The van der Waals surface area contributed by atoms with Crippen LogP contribution in [0.2, 0.25) is 0 Å². The van der Waals surface area contributed by atoms with Gasteiger partial charge < -0.3 is 14.8 Å². The summed E-state index contributed by atoms with van der Waals surface area (Å²) in [5.74, 6) is 1.77. The molecule has 0 aromatic heterocycles. The first-order chi connectivity index (χ1) is 13.7. The Bertz CT molecular complexity index is 644. The van der Waals surface area contributed by atoms with Crippen LogP contribution in [-0.2, 0) is 9.53 Å². The van der Waals surface area contributed by atoms with Gasteiger partial charge in [0.1, 0.15) is 5.75 Å². The van der Waals surface area contributed by atoms with Gasteiger partial charge in [-0.3, -0.25) is 4.79 Å². The van der Waals surface area contributed by atoms with Gasteiger partial charge in [-0.2, -0.15) is 0 Å². The van der Waals surface area contributed by atoms with Crippen molar-refractivity contribution in [1.29, 1.82) is 0 Å². The van der Waals surface area contributed by atoms with Crippen molar-refractivity contribution < 1.29 is 14.3 Å². The molecule has 3 rings (SSSR count). The van der Waals surface area contributed by atoms with Crippen molar-refractivity contribution in [2.75, 3.05) is 13.2 Å². The van der Waals surface area contributed by atoms with Crippen molar-refractivity contribution in [2.24, 2.45) is 5.92 Å². The third kappa shape index (κ3) is 6.10. The number of carbonyl (C=O) groups excluding carboxylic acids is 1. The Morgan fingerprint density at radius 1 is 1.11 bits per heavy atom. The van der Waals surface area contributed by atoms with Crippen LogP contribution in [0.15, 0.2) is 30.3 Å². The summed E-state index contributed by atoms with van der Waals surface area (Å²) in [5.41, 5.74) is 2.60. The minimum absolute atomic E-state index is 0.112. The van der Waals surface area contributed by atoms with Crippen molar-refractivity contribution in [2.45, 2.75) is 77.4 Å². The number of ether oxygens (including phenoxy) is 2. The fourth-order valence-corrected chi connectivity index (χ4v) is 4.31. The molecule has 0 amide bonds. The molecule has 1 heterocycles. The lowest BCUT2D eigenvalue weighted by Crippen LogP contribution is -2.32. The fraction of sp³-hybridized carbons (Fsp3) is 0.625. The standard InChI is InChI=1S/C24H35NO3/c1-3-18-5-10-22(11-6-18)28-23-12-7-19(8-13-23)20-15-16-25-21(17-20)9-14-24(26)27-4-2/h7-8,12-13,17-18,21-22,25H,3-6,9-11,14-16H2,1-2H3. The van der Waals surface area contributed by atoms with Crippen LogP contribution in [-0.4, -0.2) is 31.3 Å². The van der Waals surface area contributed by atoms with E-state index in [1.54, 1.807) is 0 Å². The molecule has 4 nitrogen and oxygen atoms in total. The number of rotatable bonds is 8. The van der Waals surface area contributed by atoms with Crippen molar-refractivity contribution in [3.8, 4) is 5.75 Å². The number of nitrogens with one attached hydrogen (secondary N) is 1. The molecule has 0 saturated heterocycles. The van der Waals surface area contributed by atoms with Gasteiger partial charge in [0.25, 0.3) is 0 Å². The van der Waals surface area contributed by atoms with Crippen LogP contribution in [0.4, 0.5) is 0 Å². The van der Waals surface area contributed by atoms with Crippen molar-refractivity contribution >= 4 is 11.5 Å². The van der Waals surface area contributed by atoms with Crippen LogP contribution < -0.4 is 10.1 Å². The molecule has 1 saturated carbocycles. The van der Waals surface area contributed by atoms with Crippen LogP contribution in [0.5, 0.6) is 5.75 Å². The maximum absolute atomic E-state index is 11.6. The molecule has 4 heteroatoms. The number of hydrogen-bond donors (Lipinski definition) is 1. The Kier molecular flexibility index (Phi) is 7.96. The minimum atomic E-state index is -0.112. The van der Waals surface area contributed by atoms with Gasteiger partial charge in [0.05, 0.1) is 12.7 Å². The normalized spacial score (nSPS) is 25.1. The molecule has 0 radical (unpaired) electrons. The summed E-state index contributed by atoms with van der Waals surface area (Å²) < 4.78 is 11.2. The first-order valence-electron chi connectivity index (χ1n) is 11.0. The summed E-state index contributed by atoms with van der Waals surface area (Å²) in [6.45, 7) is 5.53. The summed E-state index contributed by atoms with van der Waals surface area (Å²) in [6.07, 6.45) is 11.1. The second-order valence-corrected chi connectivity index (χ2v) is 8.04. The highest BCUT2D eigenvalue weighted by Gasteiger charge is 2.21.